The first-order valence-corrected chi connectivity index (χ1v) is 11.1. The van der Waals surface area contributed by atoms with Gasteiger partial charge in [-0.15, -0.1) is 0 Å². The summed E-state index contributed by atoms with van der Waals surface area (Å²) in [5.41, 5.74) is 4.93. The molecule has 3 rings (SSSR count). The van der Waals surface area contributed by atoms with E-state index in [1.165, 1.54) is 12.1 Å². The van der Waals surface area contributed by atoms with Crippen molar-refractivity contribution in [1.29, 1.82) is 0 Å². The number of urea groups is 2. The predicted molar refractivity (Wildman–Crippen MR) is 131 cm³/mol. The molecule has 0 fully saturated rings. The topological polar surface area (TPSA) is 116 Å². The second kappa shape index (κ2) is 12.0. The molecule has 36 heavy (non-hydrogen) atoms. The number of carbonyl (C=O) groups is 2. The third-order valence-corrected chi connectivity index (χ3v) is 5.15. The van der Waals surface area contributed by atoms with Crippen molar-refractivity contribution >= 4 is 34.3 Å². The van der Waals surface area contributed by atoms with Crippen LogP contribution in [-0.4, -0.2) is 36.7 Å². The molecule has 1 unspecified atom stereocenters. The monoisotopic (exact) mass is 504 g/mol. The number of fused-ring (bicyclic) bond motifs is 1. The number of methoxy groups -OCH3 is 1. The van der Waals surface area contributed by atoms with Gasteiger partial charge < -0.3 is 20.7 Å². The van der Waals surface area contributed by atoms with E-state index in [1.54, 1.807) is 13.3 Å². The quantitative estimate of drug-likeness (QED) is 0.222. The maximum Gasteiger partial charge on any atom is 0.416 e. The summed E-state index contributed by atoms with van der Waals surface area (Å²) in [7, 11) is 1.60. The van der Waals surface area contributed by atoms with E-state index < -0.39 is 23.8 Å². The van der Waals surface area contributed by atoms with Gasteiger partial charge >= 0.3 is 18.2 Å². The molecule has 9 nitrogen and oxygen atoms in total. The van der Waals surface area contributed by atoms with E-state index in [0.717, 1.165) is 35.1 Å². The Bertz CT molecular complexity index is 1210. The van der Waals surface area contributed by atoms with Crippen LogP contribution in [-0.2, 0) is 6.18 Å². The van der Waals surface area contributed by atoms with Crippen LogP contribution in [0, 0.1) is 0 Å². The van der Waals surface area contributed by atoms with Gasteiger partial charge in [0.2, 0.25) is 0 Å². The Morgan fingerprint density at radius 1 is 1.06 bits per heavy atom. The van der Waals surface area contributed by atoms with Crippen LogP contribution in [0.25, 0.3) is 10.9 Å². The van der Waals surface area contributed by atoms with Crippen molar-refractivity contribution in [3.8, 4) is 5.75 Å². The molecule has 0 saturated heterocycles. The normalized spacial score (nSPS) is 11.9. The Morgan fingerprint density at radius 2 is 1.83 bits per heavy atom. The van der Waals surface area contributed by atoms with Crippen molar-refractivity contribution in [3.05, 3.63) is 60.3 Å². The molecule has 0 aliphatic rings. The van der Waals surface area contributed by atoms with E-state index in [2.05, 4.69) is 31.8 Å². The molecule has 2 aromatic carbocycles. The van der Waals surface area contributed by atoms with Crippen LogP contribution in [0.1, 0.15) is 25.3 Å². The number of halogens is 3. The maximum absolute atomic E-state index is 12.8. The van der Waals surface area contributed by atoms with Crippen LogP contribution in [0.15, 0.2) is 54.7 Å². The Kier molecular flexibility index (Phi) is 8.76. The van der Waals surface area contributed by atoms with Crippen LogP contribution in [0.2, 0.25) is 0 Å². The predicted octanol–water partition coefficient (Wildman–Crippen LogP) is 4.88. The van der Waals surface area contributed by atoms with Gasteiger partial charge in [-0.3, -0.25) is 4.98 Å². The van der Waals surface area contributed by atoms with Gasteiger partial charge in [-0.25, -0.2) is 20.4 Å². The Hall–Kier alpha value is -4.22. The molecule has 0 aliphatic carbocycles. The van der Waals surface area contributed by atoms with Crippen LogP contribution < -0.4 is 31.5 Å². The molecule has 1 aromatic heterocycles. The van der Waals surface area contributed by atoms with Crippen molar-refractivity contribution in [2.24, 2.45) is 0 Å². The number of nitrogens with zero attached hydrogens (tertiary/aromatic N) is 1. The molecule has 0 aliphatic heterocycles. The summed E-state index contributed by atoms with van der Waals surface area (Å²) in [5, 5.41) is 9.19. The molecule has 0 saturated carbocycles. The first-order chi connectivity index (χ1) is 17.2. The number of rotatable bonds is 8. The van der Waals surface area contributed by atoms with E-state index in [1.807, 2.05) is 31.2 Å². The lowest BCUT2D eigenvalue weighted by Crippen LogP contribution is -2.48. The van der Waals surface area contributed by atoms with E-state index in [4.69, 9.17) is 4.74 Å². The van der Waals surface area contributed by atoms with E-state index in [-0.39, 0.29) is 11.7 Å². The van der Waals surface area contributed by atoms with Crippen LogP contribution in [0.3, 0.4) is 0 Å². The third kappa shape index (κ3) is 7.65. The minimum Gasteiger partial charge on any atom is -0.497 e. The fourth-order valence-corrected chi connectivity index (χ4v) is 3.43. The highest BCUT2D eigenvalue weighted by Gasteiger charge is 2.30. The highest BCUT2D eigenvalue weighted by molar-refractivity contribution is 5.92. The minimum absolute atomic E-state index is 0.0648. The number of alkyl halides is 3. The Balaban J connectivity index is 1.38. The molecular formula is C24H27F3N6O3. The number of aromatic nitrogens is 1. The highest BCUT2D eigenvalue weighted by atomic mass is 19.4. The van der Waals surface area contributed by atoms with Gasteiger partial charge in [0.05, 0.1) is 23.9 Å². The molecular weight excluding hydrogens is 477 g/mol. The fourth-order valence-electron chi connectivity index (χ4n) is 3.43. The van der Waals surface area contributed by atoms with Crippen molar-refractivity contribution in [3.63, 3.8) is 0 Å². The number of nitrogens with one attached hydrogen (secondary N) is 5. The summed E-state index contributed by atoms with van der Waals surface area (Å²) in [6.07, 6.45) is -1.43. The van der Waals surface area contributed by atoms with Gasteiger partial charge in [0.15, 0.2) is 0 Å². The van der Waals surface area contributed by atoms with Gasteiger partial charge in [0, 0.05) is 35.9 Å². The number of anilines is 2. The smallest absolute Gasteiger partial charge is 0.416 e. The van der Waals surface area contributed by atoms with Crippen molar-refractivity contribution in [2.45, 2.75) is 32.0 Å². The van der Waals surface area contributed by atoms with Crippen molar-refractivity contribution in [1.82, 2.24) is 21.2 Å². The average molecular weight is 505 g/mol. The number of hydrogen-bond donors (Lipinski definition) is 5. The highest BCUT2D eigenvalue weighted by Crippen LogP contribution is 2.31. The summed E-state index contributed by atoms with van der Waals surface area (Å²) in [4.78, 5) is 28.2. The molecule has 1 heterocycles. The summed E-state index contributed by atoms with van der Waals surface area (Å²) in [6, 6.07) is 10.3. The first-order valence-electron chi connectivity index (χ1n) is 11.1. The van der Waals surface area contributed by atoms with E-state index in [0.29, 0.717) is 18.7 Å². The molecule has 0 radical (unpaired) electrons. The Morgan fingerprint density at radius 3 is 2.58 bits per heavy atom. The number of benzene rings is 2. The lowest BCUT2D eigenvalue weighted by molar-refractivity contribution is -0.137. The molecule has 3 aromatic rings. The maximum atomic E-state index is 12.8. The fraction of sp³-hybridized carbons (Fsp3) is 0.292. The SMILES string of the molecule is COc1cc(NC(C)CCCNC(=O)NNC(=O)Nc2cccc(C(F)(F)F)c2)c2ncccc2c1. The number of hydrogen-bond acceptors (Lipinski definition) is 5. The largest absolute Gasteiger partial charge is 0.497 e. The van der Waals surface area contributed by atoms with Crippen LogP contribution >= 0.6 is 0 Å². The van der Waals surface area contributed by atoms with Crippen molar-refractivity contribution in [2.75, 3.05) is 24.3 Å². The lowest BCUT2D eigenvalue weighted by Gasteiger charge is -2.17. The molecule has 0 bridgehead atoms. The summed E-state index contributed by atoms with van der Waals surface area (Å²) in [6.45, 7) is 2.35. The zero-order valence-electron chi connectivity index (χ0n) is 19.7. The van der Waals surface area contributed by atoms with Gasteiger partial charge in [-0.2, -0.15) is 13.2 Å². The molecule has 192 valence electrons. The second-order valence-corrected chi connectivity index (χ2v) is 7.98. The number of ether oxygens (including phenoxy) is 1. The zero-order chi connectivity index (χ0) is 26.1. The van der Waals surface area contributed by atoms with E-state index in [9.17, 15) is 22.8 Å². The van der Waals surface area contributed by atoms with E-state index >= 15 is 0 Å². The molecule has 4 amide bonds. The van der Waals surface area contributed by atoms with Crippen molar-refractivity contribution < 1.29 is 27.5 Å². The summed E-state index contributed by atoms with van der Waals surface area (Å²) < 4.78 is 43.6. The molecule has 12 heteroatoms. The first kappa shape index (κ1) is 26.4. The average Bonchev–Trinajstić information content (AvgIpc) is 2.85. The van der Waals surface area contributed by atoms with Crippen LogP contribution in [0.5, 0.6) is 5.75 Å². The molecule has 0 spiro atoms. The number of amides is 4. The van der Waals surface area contributed by atoms with Gasteiger partial charge in [-0.05, 0) is 50.1 Å². The minimum atomic E-state index is -4.53. The third-order valence-electron chi connectivity index (χ3n) is 5.15. The van der Waals surface area contributed by atoms with Gasteiger partial charge in [0.1, 0.15) is 5.75 Å². The molecule has 5 N–H and O–H groups in total. The molecule has 1 atom stereocenters. The number of carbonyl (C=O) groups excluding carboxylic acids is 2. The lowest BCUT2D eigenvalue weighted by atomic mass is 10.1. The van der Waals surface area contributed by atoms with Crippen LogP contribution in [0.4, 0.5) is 34.1 Å². The second-order valence-electron chi connectivity index (χ2n) is 7.98. The Labute approximate surface area is 205 Å². The number of pyridine rings is 1. The zero-order valence-corrected chi connectivity index (χ0v) is 19.7. The summed E-state index contributed by atoms with van der Waals surface area (Å²) >= 11 is 0. The standard InChI is InChI=1S/C24H27F3N6O3/c1-15(30-20-14-19(36-2)12-16-7-5-10-28-21(16)20)6-4-11-29-22(34)32-33-23(35)31-18-9-3-8-17(13-18)24(25,26)27/h3,5,7-10,12-15,30H,4,6,11H2,1-2H3,(H2,29,32,34)(H2,31,33,35). The van der Waals surface area contributed by atoms with Gasteiger partial charge in [-0.1, -0.05) is 12.1 Å². The summed E-state index contributed by atoms with van der Waals surface area (Å²) in [5.74, 6) is 0.716. The number of hydrazine groups is 1. The van der Waals surface area contributed by atoms with Gasteiger partial charge in [0.25, 0.3) is 0 Å².